The third-order valence-corrected chi connectivity index (χ3v) is 2.55. The van der Waals surface area contributed by atoms with Crippen LogP contribution in [0.15, 0.2) is 32.6 Å². The van der Waals surface area contributed by atoms with Gasteiger partial charge in [-0.05, 0) is 0 Å². The molecule has 16 heavy (non-hydrogen) atoms. The normalized spacial score (nSPS) is 10.7. The first-order valence-corrected chi connectivity index (χ1v) is 6.54. The van der Waals surface area contributed by atoms with Crippen LogP contribution in [0.25, 0.3) is 0 Å². The molecule has 0 atom stereocenters. The van der Waals surface area contributed by atoms with Gasteiger partial charge in [0.1, 0.15) is 0 Å². The van der Waals surface area contributed by atoms with E-state index in [-0.39, 0.29) is 5.97 Å². The number of rotatable bonds is 5. The number of carbonyl (C=O) groups is 1. The van der Waals surface area contributed by atoms with E-state index in [0.29, 0.717) is 5.56 Å². The van der Waals surface area contributed by atoms with Gasteiger partial charge in [-0.15, -0.1) is 0 Å². The van der Waals surface area contributed by atoms with E-state index in [1.54, 1.807) is 2.05 Å². The van der Waals surface area contributed by atoms with Gasteiger partial charge in [0.25, 0.3) is 0 Å². The molecule has 0 spiro atoms. The number of unbranched alkanes of at least 4 members (excludes halogenated alkanes) is 1. The quantitative estimate of drug-likeness (QED) is 0.594. The zero-order chi connectivity index (χ0) is 11.8. The second-order valence-electron chi connectivity index (χ2n) is 3.41. The van der Waals surface area contributed by atoms with E-state index in [0.717, 1.165) is 24.8 Å². The average Bonchev–Trinajstić information content (AvgIpc) is 2.33. The molecule has 0 aliphatic heterocycles. The minimum absolute atomic E-state index is 0.273. The van der Waals surface area contributed by atoms with Crippen molar-refractivity contribution in [1.29, 1.82) is 0 Å². The van der Waals surface area contributed by atoms with Gasteiger partial charge >= 0.3 is 122 Å². The molecule has 0 saturated heterocycles. The van der Waals surface area contributed by atoms with E-state index in [1.807, 2.05) is 60.9 Å². The van der Waals surface area contributed by atoms with Gasteiger partial charge in [-0.25, -0.2) is 0 Å². The minimum atomic E-state index is -0.273. The molecule has 0 heterocycles. The number of carbonyl (C=O) groups excluding carboxylic acids is 1. The van der Waals surface area contributed by atoms with Crippen molar-refractivity contribution in [3.63, 3.8) is 0 Å². The van der Waals surface area contributed by atoms with E-state index in [1.165, 1.54) is 6.26 Å². The number of hydrogen-bond donors (Lipinski definition) is 0. The Morgan fingerprint density at radius 3 is 2.88 bits per heavy atom. The van der Waals surface area contributed by atoms with Gasteiger partial charge in [0, 0.05) is 0 Å². The predicted molar refractivity (Wildman–Crippen MR) is 59.6 cm³/mol. The maximum absolute atomic E-state index is 11.7. The van der Waals surface area contributed by atoms with Crippen molar-refractivity contribution in [3.05, 3.63) is 43.7 Å². The Hall–Kier alpha value is -0.284. The van der Waals surface area contributed by atoms with Crippen LogP contribution in [0.4, 0.5) is 0 Å². The number of benzene rings is 1. The van der Waals surface area contributed by atoms with Gasteiger partial charge in [-0.2, -0.15) is 0 Å². The Kier molecular flexibility index (Phi) is 6.81. The molecule has 1 aromatic carbocycles. The maximum atomic E-state index is 11.7. The van der Waals surface area contributed by atoms with Crippen LogP contribution in [0.2, 0.25) is 0 Å². The van der Waals surface area contributed by atoms with Crippen molar-refractivity contribution in [2.24, 2.45) is 0 Å². The molecular formula is C13H15O2Tb. The summed E-state index contributed by atoms with van der Waals surface area (Å²) in [6, 6.07) is 7.62. The summed E-state index contributed by atoms with van der Waals surface area (Å²) in [5, 5.41) is 0. The first-order chi connectivity index (χ1) is 7.79. The van der Waals surface area contributed by atoms with Crippen LogP contribution in [-0.2, 0) is 11.2 Å². The van der Waals surface area contributed by atoms with Crippen LogP contribution in [0.3, 0.4) is 0 Å². The molecule has 0 bridgehead atoms. The summed E-state index contributed by atoms with van der Waals surface area (Å²) < 4.78 is 6.68. The molecule has 0 radical (unpaired) electrons. The fourth-order valence-electron chi connectivity index (χ4n) is 1.45. The Morgan fingerprint density at radius 1 is 1.44 bits per heavy atom. The number of esters is 1. The molecule has 0 N–H and O–H groups in total. The summed E-state index contributed by atoms with van der Waals surface area (Å²) in [4.78, 5) is 11.7. The second-order valence-corrected chi connectivity index (χ2v) is 4.13. The number of hydrogen-bond acceptors (Lipinski definition) is 2. The molecule has 1 rings (SSSR count). The fraction of sp³-hybridized carbons (Fsp3) is 0.308. The first-order valence-electron chi connectivity index (χ1n) is 5.31. The van der Waals surface area contributed by atoms with Gasteiger partial charge in [0.05, 0.1) is 0 Å². The van der Waals surface area contributed by atoms with Crippen LogP contribution >= 0.6 is 0 Å². The second kappa shape index (κ2) is 7.90. The summed E-state index contributed by atoms with van der Waals surface area (Å²) in [5.74, 6) is -0.273. The van der Waals surface area contributed by atoms with Crippen molar-refractivity contribution in [3.8, 4) is 0 Å². The Bertz CT molecular complexity index is 372. The van der Waals surface area contributed by atoms with Crippen molar-refractivity contribution < 1.29 is 46.2 Å². The van der Waals surface area contributed by atoms with Crippen molar-refractivity contribution in [2.45, 2.75) is 26.2 Å². The molecule has 0 aliphatic carbocycles. The topological polar surface area (TPSA) is 26.3 Å². The van der Waals surface area contributed by atoms with Crippen LogP contribution in [-0.4, -0.2) is 5.97 Å². The molecule has 0 amide bonds. The van der Waals surface area contributed by atoms with Crippen molar-refractivity contribution in [2.75, 3.05) is 0 Å². The van der Waals surface area contributed by atoms with Gasteiger partial charge in [0.2, 0.25) is 0 Å². The van der Waals surface area contributed by atoms with Crippen LogP contribution in [0.1, 0.15) is 35.7 Å². The summed E-state index contributed by atoms with van der Waals surface area (Å²) in [6.45, 7) is 2.14. The van der Waals surface area contributed by atoms with Gasteiger partial charge in [0.15, 0.2) is 0 Å². The molecule has 0 saturated carbocycles. The summed E-state index contributed by atoms with van der Waals surface area (Å²) >= 11 is 1.82. The Morgan fingerprint density at radius 2 is 2.19 bits per heavy atom. The summed E-state index contributed by atoms with van der Waals surface area (Å²) in [6.07, 6.45) is 4.56. The zero-order valence-corrected chi connectivity index (χ0v) is 11.4. The molecular weight excluding hydrogens is 347 g/mol. The van der Waals surface area contributed by atoms with Gasteiger partial charge in [-0.3, -0.25) is 0 Å². The van der Waals surface area contributed by atoms with E-state index in [9.17, 15) is 4.79 Å². The van der Waals surface area contributed by atoms with Crippen molar-refractivity contribution in [1.82, 2.24) is 0 Å². The Labute approximate surface area is 121 Å². The molecule has 0 fully saturated rings. The van der Waals surface area contributed by atoms with Crippen LogP contribution in [0, 0.1) is 36.6 Å². The van der Waals surface area contributed by atoms with E-state index >= 15 is 0 Å². The molecule has 88 valence electrons. The fourth-order valence-corrected chi connectivity index (χ4v) is 1.60. The van der Waals surface area contributed by atoms with Gasteiger partial charge in [-0.1, -0.05) is 0 Å². The van der Waals surface area contributed by atoms with Crippen molar-refractivity contribution >= 4 is 5.97 Å². The van der Waals surface area contributed by atoms with Crippen LogP contribution < -0.4 is 0 Å². The number of ether oxygens (including phenoxy) is 1. The monoisotopic (exact) mass is 362 g/mol. The zero-order valence-electron chi connectivity index (χ0n) is 9.24. The number of aryl methyl sites for hydroxylation is 1. The standard InChI is InChI=1S/C13H15O2.Tb/c1-3-5-8-11-9-6-7-10-12(11)13(14)15-4-2;/h2,4,6-7,9-10H,3,5,8H2,1H3;. The average molecular weight is 362 g/mol. The van der Waals surface area contributed by atoms with Crippen LogP contribution in [0.5, 0.6) is 0 Å². The SMILES string of the molecule is CCCCc1ccccc1C(=O)OC=[CH][Tb]. The molecule has 3 heteroatoms. The summed E-state index contributed by atoms with van der Waals surface area (Å²) in [7, 11) is 0. The third-order valence-electron chi connectivity index (χ3n) is 2.26. The molecule has 1 aromatic rings. The van der Waals surface area contributed by atoms with E-state index < -0.39 is 0 Å². The molecule has 2 nitrogen and oxygen atoms in total. The van der Waals surface area contributed by atoms with Gasteiger partial charge < -0.3 is 0 Å². The molecule has 0 aromatic heterocycles. The first kappa shape index (κ1) is 13.8. The summed E-state index contributed by atoms with van der Waals surface area (Å²) in [5.41, 5.74) is 1.74. The third kappa shape index (κ3) is 4.30. The van der Waals surface area contributed by atoms with E-state index in [2.05, 4.69) is 6.92 Å². The Balaban J connectivity index is 2.80. The van der Waals surface area contributed by atoms with E-state index in [4.69, 9.17) is 4.74 Å². The molecule has 0 aliphatic rings. The molecule has 0 unspecified atom stereocenters. The predicted octanol–water partition coefficient (Wildman–Crippen LogP) is 3.21.